The zero-order valence-electron chi connectivity index (χ0n) is 19.8. The molecule has 1 aromatic carbocycles. The zero-order chi connectivity index (χ0) is 21.9. The fraction of sp³-hybridized carbons (Fsp3) is 0.633. The van der Waals surface area contributed by atoms with Gasteiger partial charge in [0.1, 0.15) is 0 Å². The summed E-state index contributed by atoms with van der Waals surface area (Å²) in [5, 5.41) is 8.73. The van der Waals surface area contributed by atoms with Gasteiger partial charge in [0.15, 0.2) is 0 Å². The van der Waals surface area contributed by atoms with Crippen molar-refractivity contribution in [3.05, 3.63) is 59.7 Å². The Balaban J connectivity index is 1.40. The van der Waals surface area contributed by atoms with Crippen LogP contribution >= 0.6 is 0 Å². The predicted molar refractivity (Wildman–Crippen MR) is 133 cm³/mol. The molecule has 3 rings (SSSR count). The molecule has 0 saturated heterocycles. The first-order valence-electron chi connectivity index (χ1n) is 13.0. The Morgan fingerprint density at radius 1 is 0.903 bits per heavy atom. The Hall–Kier alpha value is -1.81. The summed E-state index contributed by atoms with van der Waals surface area (Å²) in [6.07, 6.45) is 22.1. The molecule has 0 N–H and O–H groups in total. The van der Waals surface area contributed by atoms with Crippen molar-refractivity contribution in [3.8, 4) is 6.07 Å². The molecule has 0 heterocycles. The largest absolute Gasteiger partial charge is 0.193 e. The zero-order valence-corrected chi connectivity index (χ0v) is 19.8. The molecule has 0 aliphatic heterocycles. The van der Waals surface area contributed by atoms with Crippen molar-refractivity contribution in [2.75, 3.05) is 0 Å². The van der Waals surface area contributed by atoms with Crippen LogP contribution in [0.1, 0.15) is 107 Å². The predicted octanol–water partition coefficient (Wildman–Crippen LogP) is 8.92. The lowest BCUT2D eigenvalue weighted by Crippen LogP contribution is -2.22. The van der Waals surface area contributed by atoms with Crippen molar-refractivity contribution in [3.63, 3.8) is 0 Å². The first kappa shape index (κ1) is 23.8. The van der Waals surface area contributed by atoms with Gasteiger partial charge in [-0.1, -0.05) is 75.1 Å². The summed E-state index contributed by atoms with van der Waals surface area (Å²) in [4.78, 5) is 0. The smallest absolute Gasteiger partial charge is 0.0908 e. The molecule has 31 heavy (non-hydrogen) atoms. The van der Waals surface area contributed by atoms with Crippen molar-refractivity contribution in [1.29, 1.82) is 5.26 Å². The average molecular weight is 418 g/mol. The summed E-state index contributed by atoms with van der Waals surface area (Å²) in [5.41, 5.74) is 4.62. The van der Waals surface area contributed by atoms with E-state index < -0.39 is 0 Å². The fourth-order valence-electron chi connectivity index (χ4n) is 5.88. The van der Waals surface area contributed by atoms with Crippen LogP contribution in [0.15, 0.2) is 48.6 Å². The van der Waals surface area contributed by atoms with E-state index in [0.717, 1.165) is 11.8 Å². The van der Waals surface area contributed by atoms with Crippen molar-refractivity contribution >= 4 is 0 Å². The first-order valence-corrected chi connectivity index (χ1v) is 13.0. The molecule has 2 saturated carbocycles. The number of benzene rings is 1. The van der Waals surface area contributed by atoms with E-state index in [1.165, 1.54) is 95.5 Å². The van der Waals surface area contributed by atoms with Gasteiger partial charge in [0.05, 0.1) is 6.07 Å². The third-order valence-corrected chi connectivity index (χ3v) is 8.01. The molecule has 0 spiro atoms. The van der Waals surface area contributed by atoms with E-state index in [-0.39, 0.29) is 0 Å². The number of allylic oxidation sites excluding steroid dienone is 3. The molecule has 168 valence electrons. The van der Waals surface area contributed by atoms with Crippen molar-refractivity contribution in [2.24, 2.45) is 17.8 Å². The van der Waals surface area contributed by atoms with Crippen LogP contribution in [0.25, 0.3) is 0 Å². The number of unbranched alkanes of at least 4 members (excludes halogenated alkanes) is 4. The average Bonchev–Trinajstić information content (AvgIpc) is 2.83. The standard InChI is InChI=1S/C30H43N/c1-3-4-5-6-7-9-25-13-17-29(18-14-25)30-21-19-28(20-22-30)24(2)27-15-11-26(12-16-27)10-8-23-31/h8,10,13-14,17-18,26-28,30H,2-7,9,11-12,15-16,19-22H2,1H3. The maximum absolute atomic E-state index is 8.73. The quantitative estimate of drug-likeness (QED) is 0.212. The lowest BCUT2D eigenvalue weighted by Gasteiger charge is -2.36. The van der Waals surface area contributed by atoms with E-state index >= 15 is 0 Å². The summed E-state index contributed by atoms with van der Waals surface area (Å²) >= 11 is 0. The molecular formula is C30H43N. The number of nitrogens with zero attached hydrogens (tertiary/aromatic N) is 1. The van der Waals surface area contributed by atoms with Crippen LogP contribution in [0.2, 0.25) is 0 Å². The van der Waals surface area contributed by atoms with Gasteiger partial charge < -0.3 is 0 Å². The second-order valence-electron chi connectivity index (χ2n) is 10.1. The second kappa shape index (κ2) is 12.9. The molecule has 2 aliphatic carbocycles. The Morgan fingerprint density at radius 3 is 2.13 bits per heavy atom. The molecule has 1 heteroatoms. The SMILES string of the molecule is C=C(C1CCC(C=CC#N)CC1)C1CCC(c2ccc(CCCCCCC)cc2)CC1. The Labute approximate surface area is 191 Å². The van der Waals surface area contributed by atoms with Crippen LogP contribution in [0.4, 0.5) is 0 Å². The van der Waals surface area contributed by atoms with Crippen molar-refractivity contribution in [2.45, 2.75) is 103 Å². The summed E-state index contributed by atoms with van der Waals surface area (Å²) < 4.78 is 0. The summed E-state index contributed by atoms with van der Waals surface area (Å²) in [6, 6.07) is 11.7. The van der Waals surface area contributed by atoms with Gasteiger partial charge in [-0.3, -0.25) is 0 Å². The lowest BCUT2D eigenvalue weighted by molar-refractivity contribution is 0.290. The highest BCUT2D eigenvalue weighted by Crippen LogP contribution is 2.43. The molecule has 0 aromatic heterocycles. The molecule has 1 nitrogen and oxygen atoms in total. The highest BCUT2D eigenvalue weighted by molar-refractivity contribution is 5.26. The maximum Gasteiger partial charge on any atom is 0.0908 e. The highest BCUT2D eigenvalue weighted by Gasteiger charge is 2.29. The van der Waals surface area contributed by atoms with Crippen LogP contribution < -0.4 is 0 Å². The maximum atomic E-state index is 8.73. The summed E-state index contributed by atoms with van der Waals surface area (Å²) in [5.74, 6) is 2.80. The minimum absolute atomic E-state index is 0.610. The fourth-order valence-corrected chi connectivity index (χ4v) is 5.88. The van der Waals surface area contributed by atoms with Crippen LogP contribution in [0, 0.1) is 29.1 Å². The van der Waals surface area contributed by atoms with Gasteiger partial charge >= 0.3 is 0 Å². The highest BCUT2D eigenvalue weighted by atomic mass is 14.3. The van der Waals surface area contributed by atoms with Gasteiger partial charge in [-0.15, -0.1) is 0 Å². The summed E-state index contributed by atoms with van der Waals surface area (Å²) in [6.45, 7) is 6.86. The molecule has 1 aromatic rings. The molecule has 0 unspecified atom stereocenters. The number of nitriles is 1. The van der Waals surface area contributed by atoms with Crippen LogP contribution in [-0.4, -0.2) is 0 Å². The molecule has 2 fully saturated rings. The van der Waals surface area contributed by atoms with Gasteiger partial charge in [-0.2, -0.15) is 5.26 Å². The van der Waals surface area contributed by atoms with Crippen LogP contribution in [-0.2, 0) is 6.42 Å². The number of hydrogen-bond acceptors (Lipinski definition) is 1. The minimum Gasteiger partial charge on any atom is -0.193 e. The number of aryl methyl sites for hydroxylation is 1. The Morgan fingerprint density at radius 2 is 1.52 bits per heavy atom. The van der Waals surface area contributed by atoms with E-state index in [1.807, 2.05) is 0 Å². The number of hydrogen-bond donors (Lipinski definition) is 0. The normalized spacial score (nSPS) is 26.6. The molecule has 0 bridgehead atoms. The van der Waals surface area contributed by atoms with Gasteiger partial charge in [-0.05, 0) is 99.0 Å². The third kappa shape index (κ3) is 7.38. The van der Waals surface area contributed by atoms with Gasteiger partial charge in [-0.25, -0.2) is 0 Å². The van der Waals surface area contributed by atoms with Crippen molar-refractivity contribution in [1.82, 2.24) is 0 Å². The molecule has 2 aliphatic rings. The van der Waals surface area contributed by atoms with Crippen LogP contribution in [0.5, 0.6) is 0 Å². The van der Waals surface area contributed by atoms with Crippen LogP contribution in [0.3, 0.4) is 0 Å². The first-order chi connectivity index (χ1) is 15.2. The van der Waals surface area contributed by atoms with E-state index in [4.69, 9.17) is 5.26 Å². The van der Waals surface area contributed by atoms with Gasteiger partial charge in [0.2, 0.25) is 0 Å². The second-order valence-corrected chi connectivity index (χ2v) is 10.1. The lowest BCUT2D eigenvalue weighted by atomic mass is 9.70. The van der Waals surface area contributed by atoms with E-state index in [0.29, 0.717) is 11.8 Å². The van der Waals surface area contributed by atoms with Gasteiger partial charge in [0, 0.05) is 6.08 Å². The topological polar surface area (TPSA) is 23.8 Å². The van der Waals surface area contributed by atoms with E-state index in [9.17, 15) is 0 Å². The minimum atomic E-state index is 0.610. The van der Waals surface area contributed by atoms with Crippen molar-refractivity contribution < 1.29 is 0 Å². The van der Waals surface area contributed by atoms with Gasteiger partial charge in [0.25, 0.3) is 0 Å². The van der Waals surface area contributed by atoms with E-state index in [1.54, 1.807) is 17.2 Å². The Kier molecular flexibility index (Phi) is 9.92. The number of rotatable bonds is 10. The third-order valence-electron chi connectivity index (χ3n) is 8.01. The summed E-state index contributed by atoms with van der Waals surface area (Å²) in [7, 11) is 0. The van der Waals surface area contributed by atoms with E-state index in [2.05, 4.69) is 49.9 Å². The molecule has 0 atom stereocenters. The molecule has 0 amide bonds. The molecule has 0 radical (unpaired) electrons. The molecular weight excluding hydrogens is 374 g/mol. The Bertz CT molecular complexity index is 719. The monoisotopic (exact) mass is 417 g/mol.